The van der Waals surface area contributed by atoms with Gasteiger partial charge in [-0.25, -0.2) is 4.79 Å². The summed E-state index contributed by atoms with van der Waals surface area (Å²) in [4.78, 5) is 24.7. The fraction of sp³-hybridized carbons (Fsp3) is 0.440. The van der Waals surface area contributed by atoms with Crippen LogP contribution in [0, 0.1) is 11.3 Å². The highest BCUT2D eigenvalue weighted by Crippen LogP contribution is 2.47. The van der Waals surface area contributed by atoms with Gasteiger partial charge in [-0.3, -0.25) is 4.79 Å². The number of hydrogen-bond donors (Lipinski definition) is 2. The normalized spacial score (nSPS) is 24.9. The molecule has 2 aliphatic carbocycles. The number of carbonyl (C=O) groups is 2. The van der Waals surface area contributed by atoms with E-state index in [1.165, 1.54) is 11.1 Å². The van der Waals surface area contributed by atoms with Gasteiger partial charge in [0.15, 0.2) is 0 Å². The van der Waals surface area contributed by atoms with Gasteiger partial charge in [0.25, 0.3) is 0 Å². The minimum Gasteiger partial charge on any atom is -0.481 e. The van der Waals surface area contributed by atoms with Crippen LogP contribution in [-0.4, -0.2) is 29.8 Å². The van der Waals surface area contributed by atoms with Crippen LogP contribution >= 0.6 is 0 Å². The van der Waals surface area contributed by atoms with E-state index in [1.807, 2.05) is 31.2 Å². The number of carboxylic acid groups (broad SMARTS) is 1. The lowest BCUT2D eigenvalue weighted by atomic mass is 9.79. The van der Waals surface area contributed by atoms with Gasteiger partial charge in [0.2, 0.25) is 0 Å². The Morgan fingerprint density at radius 3 is 2.20 bits per heavy atom. The standard InChI is InChI=1S/C25H29NO4/c1-3-16-13-22(25(4-2,14-16)23(27)28)26-24(29)30-15-21-19-11-7-5-9-17(19)18-10-6-8-12-20(18)21/h5-12,16,21-22H,3-4,13-15H2,1-2H3,(H,26,29)(H,27,28). The minimum atomic E-state index is -0.910. The Morgan fingerprint density at radius 1 is 1.07 bits per heavy atom. The molecule has 0 bridgehead atoms. The second kappa shape index (κ2) is 8.13. The summed E-state index contributed by atoms with van der Waals surface area (Å²) in [5, 5.41) is 12.8. The van der Waals surface area contributed by atoms with Crippen LogP contribution in [0.5, 0.6) is 0 Å². The predicted octanol–water partition coefficient (Wildman–Crippen LogP) is 5.19. The molecule has 5 nitrogen and oxygen atoms in total. The van der Waals surface area contributed by atoms with Crippen molar-refractivity contribution in [2.24, 2.45) is 11.3 Å². The van der Waals surface area contributed by atoms with Crippen LogP contribution < -0.4 is 5.32 Å². The molecule has 3 atom stereocenters. The number of carbonyl (C=O) groups excluding carboxylic acids is 1. The number of benzene rings is 2. The maximum atomic E-state index is 12.7. The van der Waals surface area contributed by atoms with Crippen LogP contribution in [0.25, 0.3) is 11.1 Å². The first-order valence-corrected chi connectivity index (χ1v) is 10.8. The average molecular weight is 408 g/mol. The summed E-state index contributed by atoms with van der Waals surface area (Å²) in [5.41, 5.74) is 3.77. The molecule has 0 aliphatic heterocycles. The quantitative estimate of drug-likeness (QED) is 0.691. The van der Waals surface area contributed by atoms with E-state index >= 15 is 0 Å². The van der Waals surface area contributed by atoms with Crippen molar-refractivity contribution in [3.63, 3.8) is 0 Å². The maximum Gasteiger partial charge on any atom is 0.407 e. The Kier molecular flexibility index (Phi) is 5.54. The number of alkyl carbamates (subject to hydrolysis) is 1. The van der Waals surface area contributed by atoms with Crippen molar-refractivity contribution in [1.82, 2.24) is 5.32 Å². The first kappa shape index (κ1) is 20.5. The number of hydrogen-bond acceptors (Lipinski definition) is 3. The maximum absolute atomic E-state index is 12.7. The number of carboxylic acids is 1. The zero-order chi connectivity index (χ0) is 21.3. The van der Waals surface area contributed by atoms with E-state index in [0.717, 1.165) is 17.5 Å². The molecule has 3 unspecified atom stereocenters. The molecule has 2 aromatic rings. The molecule has 2 N–H and O–H groups in total. The largest absolute Gasteiger partial charge is 0.481 e. The highest BCUT2D eigenvalue weighted by atomic mass is 16.5. The van der Waals surface area contributed by atoms with Gasteiger partial charge >= 0.3 is 12.1 Å². The molecule has 5 heteroatoms. The van der Waals surface area contributed by atoms with Crippen molar-refractivity contribution < 1.29 is 19.4 Å². The molecule has 0 heterocycles. The molecule has 0 aromatic heterocycles. The highest BCUT2D eigenvalue weighted by Gasteiger charge is 2.52. The Morgan fingerprint density at radius 2 is 1.67 bits per heavy atom. The second-order valence-corrected chi connectivity index (χ2v) is 8.55. The van der Waals surface area contributed by atoms with E-state index in [4.69, 9.17) is 4.74 Å². The average Bonchev–Trinajstić information content (AvgIpc) is 3.28. The molecule has 158 valence electrons. The fourth-order valence-electron chi connectivity index (χ4n) is 5.37. The summed E-state index contributed by atoms with van der Waals surface area (Å²) in [6.45, 7) is 4.19. The molecule has 30 heavy (non-hydrogen) atoms. The summed E-state index contributed by atoms with van der Waals surface area (Å²) in [5.74, 6) is -0.532. The van der Waals surface area contributed by atoms with Crippen molar-refractivity contribution in [3.8, 4) is 11.1 Å². The van der Waals surface area contributed by atoms with Crippen LogP contribution in [0.2, 0.25) is 0 Å². The monoisotopic (exact) mass is 407 g/mol. The summed E-state index contributed by atoms with van der Waals surface area (Å²) in [6, 6.07) is 16.0. The predicted molar refractivity (Wildman–Crippen MR) is 115 cm³/mol. The first-order valence-electron chi connectivity index (χ1n) is 10.8. The fourth-order valence-corrected chi connectivity index (χ4v) is 5.37. The molecule has 2 aliphatic rings. The third-order valence-corrected chi connectivity index (χ3v) is 7.16. The Labute approximate surface area is 177 Å². The van der Waals surface area contributed by atoms with Crippen LogP contribution in [0.1, 0.15) is 56.6 Å². The van der Waals surface area contributed by atoms with Crippen LogP contribution in [0.15, 0.2) is 48.5 Å². The Hall–Kier alpha value is -2.82. The topological polar surface area (TPSA) is 75.6 Å². The van der Waals surface area contributed by atoms with Gasteiger partial charge in [-0.15, -0.1) is 0 Å². The van der Waals surface area contributed by atoms with Gasteiger partial charge in [0.1, 0.15) is 6.61 Å². The van der Waals surface area contributed by atoms with Crippen molar-refractivity contribution in [2.45, 2.75) is 51.5 Å². The molecule has 0 saturated heterocycles. The van der Waals surface area contributed by atoms with Crippen LogP contribution in [0.3, 0.4) is 0 Å². The van der Waals surface area contributed by atoms with Crippen molar-refractivity contribution in [1.29, 1.82) is 0 Å². The van der Waals surface area contributed by atoms with Crippen molar-refractivity contribution >= 4 is 12.1 Å². The van der Waals surface area contributed by atoms with E-state index in [9.17, 15) is 14.7 Å². The molecular weight excluding hydrogens is 378 g/mol. The van der Waals surface area contributed by atoms with Gasteiger partial charge in [-0.05, 0) is 47.4 Å². The third kappa shape index (κ3) is 3.36. The van der Waals surface area contributed by atoms with Crippen molar-refractivity contribution in [3.05, 3.63) is 59.7 Å². The summed E-state index contributed by atoms with van der Waals surface area (Å²) < 4.78 is 5.65. The molecule has 1 saturated carbocycles. The van der Waals surface area contributed by atoms with Gasteiger partial charge in [-0.2, -0.15) is 0 Å². The molecule has 1 fully saturated rings. The van der Waals surface area contributed by atoms with Crippen LogP contribution in [0.4, 0.5) is 4.79 Å². The molecular formula is C25H29NO4. The van der Waals surface area contributed by atoms with Gasteiger partial charge in [-0.1, -0.05) is 68.8 Å². The SMILES string of the molecule is CCC1CC(NC(=O)OCC2c3ccccc3-c3ccccc32)C(CC)(C(=O)O)C1. The highest BCUT2D eigenvalue weighted by molar-refractivity contribution is 5.80. The van der Waals surface area contributed by atoms with E-state index in [0.29, 0.717) is 25.2 Å². The van der Waals surface area contributed by atoms with Crippen LogP contribution in [-0.2, 0) is 9.53 Å². The zero-order valence-corrected chi connectivity index (χ0v) is 17.6. The van der Waals surface area contributed by atoms with Gasteiger partial charge in [0.05, 0.1) is 5.41 Å². The number of rotatable bonds is 6. The minimum absolute atomic E-state index is 0.00877. The first-order chi connectivity index (χ1) is 14.5. The Bertz CT molecular complexity index is 910. The number of aliphatic carboxylic acids is 1. The van der Waals surface area contributed by atoms with E-state index in [1.54, 1.807) is 0 Å². The third-order valence-electron chi connectivity index (χ3n) is 7.16. The second-order valence-electron chi connectivity index (χ2n) is 8.55. The van der Waals surface area contributed by atoms with Crippen molar-refractivity contribution in [2.75, 3.05) is 6.61 Å². The number of fused-ring (bicyclic) bond motifs is 3. The summed E-state index contributed by atoms with van der Waals surface area (Å²) in [6.07, 6.45) is 2.16. The molecule has 1 amide bonds. The summed E-state index contributed by atoms with van der Waals surface area (Å²) in [7, 11) is 0. The van der Waals surface area contributed by atoms with E-state index in [-0.39, 0.29) is 12.5 Å². The van der Waals surface area contributed by atoms with Gasteiger partial charge in [0, 0.05) is 12.0 Å². The molecule has 2 aromatic carbocycles. The number of ether oxygens (including phenoxy) is 1. The lowest BCUT2D eigenvalue weighted by Gasteiger charge is -2.30. The van der Waals surface area contributed by atoms with E-state index < -0.39 is 23.5 Å². The number of amides is 1. The lowest BCUT2D eigenvalue weighted by Crippen LogP contribution is -2.48. The lowest BCUT2D eigenvalue weighted by molar-refractivity contribution is -0.150. The zero-order valence-electron chi connectivity index (χ0n) is 17.6. The molecule has 0 spiro atoms. The smallest absolute Gasteiger partial charge is 0.407 e. The Balaban J connectivity index is 1.47. The number of nitrogens with one attached hydrogen (secondary N) is 1. The van der Waals surface area contributed by atoms with Gasteiger partial charge < -0.3 is 15.2 Å². The van der Waals surface area contributed by atoms with E-state index in [2.05, 4.69) is 36.5 Å². The summed E-state index contributed by atoms with van der Waals surface area (Å²) >= 11 is 0. The molecule has 0 radical (unpaired) electrons. The molecule has 4 rings (SSSR count).